The second-order valence-corrected chi connectivity index (χ2v) is 14.1. The number of rotatable bonds is 2. The van der Waals surface area contributed by atoms with E-state index in [4.69, 9.17) is 11.6 Å². The van der Waals surface area contributed by atoms with Crippen LogP contribution in [0.15, 0.2) is 10.8 Å². The topological polar surface area (TPSA) is 75.2 Å². The Kier molecular flexibility index (Phi) is 9.23. The van der Waals surface area contributed by atoms with Gasteiger partial charge in [-0.05, 0) is 68.5 Å². The van der Waals surface area contributed by atoms with Gasteiger partial charge in [0.2, 0.25) is 11.1 Å². The number of aromatic nitrogens is 2. The molecule has 4 aliphatic rings. The molecule has 2 aromatic heterocycles. The van der Waals surface area contributed by atoms with E-state index in [1.54, 1.807) is 36.5 Å². The van der Waals surface area contributed by atoms with Crippen LogP contribution < -0.4 is 5.32 Å². The Bertz CT molecular complexity index is 1340. The first kappa shape index (κ1) is 29.7. The number of likely N-dealkylation sites (tertiary alicyclic amines) is 1. The van der Waals surface area contributed by atoms with Gasteiger partial charge >= 0.3 is 0 Å². The number of carbonyl (C=O) groups excluding carboxylic acids is 2. The fourth-order valence-electron chi connectivity index (χ4n) is 4.96. The molecule has 4 fully saturated rings. The number of thiazole rings is 2. The highest BCUT2D eigenvalue weighted by Gasteiger charge is 2.60. The molecule has 2 aliphatic heterocycles. The van der Waals surface area contributed by atoms with Crippen LogP contribution in [0.5, 0.6) is 0 Å². The Balaban J connectivity index is 0.000000155. The normalized spacial score (nSPS) is 27.1. The van der Waals surface area contributed by atoms with Crippen molar-refractivity contribution in [1.82, 2.24) is 20.2 Å². The van der Waals surface area contributed by atoms with Crippen molar-refractivity contribution >= 4 is 45.4 Å². The number of hydrogen-bond acceptors (Lipinski definition) is 7. The molecule has 0 radical (unpaired) electrons. The van der Waals surface area contributed by atoms with Crippen LogP contribution >= 0.6 is 34.3 Å². The summed E-state index contributed by atoms with van der Waals surface area (Å²) in [5, 5.41) is 9.31. The lowest BCUT2D eigenvalue weighted by Gasteiger charge is -2.21. The predicted octanol–water partition coefficient (Wildman–Crippen LogP) is 5.13. The van der Waals surface area contributed by atoms with E-state index >= 15 is 0 Å². The number of hydrogen-bond donors (Lipinski definition) is 1. The van der Waals surface area contributed by atoms with Gasteiger partial charge in [0.15, 0.2) is 0 Å². The maximum atomic E-state index is 12.0. The zero-order chi connectivity index (χ0) is 28.4. The molecule has 39 heavy (non-hydrogen) atoms. The second-order valence-electron chi connectivity index (χ2n) is 11.6. The van der Waals surface area contributed by atoms with Crippen molar-refractivity contribution in [1.29, 1.82) is 0 Å². The maximum absolute atomic E-state index is 12.0. The molecule has 0 bridgehead atoms. The minimum atomic E-state index is -0.269. The lowest BCUT2D eigenvalue weighted by atomic mass is 10.1. The average molecular weight is 585 g/mol. The van der Waals surface area contributed by atoms with Gasteiger partial charge in [-0.1, -0.05) is 39.5 Å². The molecule has 4 heterocycles. The standard InChI is InChI=1S/C15H18N2OS.C11H12N2S.C4H7ClO/c1-10(2)14(18)17-7-12-6-15(12,9-17)5-4-13-8-19-11(3)16-13;1-8-13-10(6-14-8)2-3-11-4-9(11)5-12-7-11;1-3(2)4(5)6/h8,10,12H,6-7,9H2,1-3H3;6,9,12H,4-5,7H2,1H3;3H,1-2H3. The smallest absolute Gasteiger partial charge is 0.225 e. The number of halogens is 1. The van der Waals surface area contributed by atoms with Crippen LogP contribution in [-0.4, -0.2) is 52.2 Å². The fourth-order valence-corrected chi connectivity index (χ4v) is 6.05. The third kappa shape index (κ3) is 7.50. The molecule has 6 nitrogen and oxygen atoms in total. The van der Waals surface area contributed by atoms with Gasteiger partial charge in [-0.3, -0.25) is 9.59 Å². The molecule has 1 amide bonds. The predicted molar refractivity (Wildman–Crippen MR) is 159 cm³/mol. The molecule has 2 aliphatic carbocycles. The summed E-state index contributed by atoms with van der Waals surface area (Å²) in [6, 6.07) is 0. The van der Waals surface area contributed by atoms with Gasteiger partial charge in [0.1, 0.15) is 11.4 Å². The molecule has 4 atom stereocenters. The van der Waals surface area contributed by atoms with E-state index in [1.165, 1.54) is 6.42 Å². The Morgan fingerprint density at radius 3 is 1.92 bits per heavy atom. The number of nitrogens with one attached hydrogen (secondary N) is 1. The SMILES string of the molecule is CC(C)C(=O)Cl.Cc1nc(C#CC23CC2CN(C(=O)C(C)C)C3)cs1.Cc1nc(C#CC23CNCC2C3)cs1. The number of carbonyl (C=O) groups is 2. The third-order valence-corrected chi connectivity index (χ3v) is 9.57. The van der Waals surface area contributed by atoms with Crippen molar-refractivity contribution in [2.24, 2.45) is 34.5 Å². The summed E-state index contributed by atoms with van der Waals surface area (Å²) in [6.07, 6.45) is 2.43. The quantitative estimate of drug-likeness (QED) is 0.391. The Labute approximate surface area is 245 Å². The largest absolute Gasteiger partial charge is 0.341 e. The van der Waals surface area contributed by atoms with E-state index in [2.05, 4.69) is 39.0 Å². The summed E-state index contributed by atoms with van der Waals surface area (Å²) in [7, 11) is 0. The molecular weight excluding hydrogens is 548 g/mol. The number of aryl methyl sites for hydroxylation is 2. The van der Waals surface area contributed by atoms with Crippen molar-refractivity contribution in [3.8, 4) is 23.7 Å². The van der Waals surface area contributed by atoms with Crippen LogP contribution in [0.1, 0.15) is 61.9 Å². The van der Waals surface area contributed by atoms with Crippen LogP contribution in [0.3, 0.4) is 0 Å². The monoisotopic (exact) mass is 584 g/mol. The third-order valence-electron chi connectivity index (χ3n) is 7.59. The highest BCUT2D eigenvalue weighted by molar-refractivity contribution is 7.09. The highest BCUT2D eigenvalue weighted by Crippen LogP contribution is 2.57. The highest BCUT2D eigenvalue weighted by atomic mass is 35.5. The first-order valence-electron chi connectivity index (χ1n) is 13.5. The van der Waals surface area contributed by atoms with E-state index in [1.807, 2.05) is 43.4 Å². The molecule has 2 saturated heterocycles. The molecule has 0 aromatic carbocycles. The van der Waals surface area contributed by atoms with Gasteiger partial charge in [0, 0.05) is 47.6 Å². The summed E-state index contributed by atoms with van der Waals surface area (Å²) in [5.41, 5.74) is 2.20. The number of amides is 1. The average Bonchev–Trinajstić information content (AvgIpc) is 3.35. The van der Waals surface area contributed by atoms with Crippen molar-refractivity contribution in [2.45, 2.75) is 54.4 Å². The van der Waals surface area contributed by atoms with E-state index in [0.29, 0.717) is 11.3 Å². The van der Waals surface area contributed by atoms with Crippen molar-refractivity contribution in [3.63, 3.8) is 0 Å². The van der Waals surface area contributed by atoms with Gasteiger partial charge in [-0.15, -0.1) is 22.7 Å². The molecule has 208 valence electrons. The Morgan fingerprint density at radius 2 is 1.51 bits per heavy atom. The Morgan fingerprint density at radius 1 is 0.974 bits per heavy atom. The van der Waals surface area contributed by atoms with E-state index < -0.39 is 0 Å². The van der Waals surface area contributed by atoms with E-state index in [0.717, 1.165) is 59.9 Å². The second kappa shape index (κ2) is 12.1. The van der Waals surface area contributed by atoms with Crippen molar-refractivity contribution in [3.05, 3.63) is 32.2 Å². The zero-order valence-corrected chi connectivity index (χ0v) is 25.9. The molecule has 9 heteroatoms. The van der Waals surface area contributed by atoms with Crippen LogP contribution in [0.2, 0.25) is 0 Å². The molecule has 2 saturated carbocycles. The Hall–Kier alpha value is -2.23. The lowest BCUT2D eigenvalue weighted by molar-refractivity contribution is -0.134. The molecular formula is C30H37ClN4O2S2. The van der Waals surface area contributed by atoms with Crippen LogP contribution in [0, 0.1) is 72.0 Å². The minimum absolute atomic E-state index is 0.0216. The summed E-state index contributed by atoms with van der Waals surface area (Å²) in [6.45, 7) is 15.4. The first-order valence-corrected chi connectivity index (χ1v) is 15.7. The molecule has 2 aromatic rings. The molecule has 0 spiro atoms. The maximum Gasteiger partial charge on any atom is 0.225 e. The van der Waals surface area contributed by atoms with E-state index in [9.17, 15) is 9.59 Å². The van der Waals surface area contributed by atoms with Crippen LogP contribution in [0.4, 0.5) is 0 Å². The van der Waals surface area contributed by atoms with Crippen molar-refractivity contribution < 1.29 is 9.59 Å². The van der Waals surface area contributed by atoms with Crippen LogP contribution in [-0.2, 0) is 9.59 Å². The zero-order valence-electron chi connectivity index (χ0n) is 23.6. The van der Waals surface area contributed by atoms with Crippen LogP contribution in [0.25, 0.3) is 0 Å². The summed E-state index contributed by atoms with van der Waals surface area (Å²) in [4.78, 5) is 32.6. The van der Waals surface area contributed by atoms with Crippen molar-refractivity contribution in [2.75, 3.05) is 26.2 Å². The number of piperidine rings is 2. The summed E-state index contributed by atoms with van der Waals surface area (Å²) < 4.78 is 0. The lowest BCUT2D eigenvalue weighted by Crippen LogP contribution is -2.34. The first-order chi connectivity index (χ1) is 18.4. The van der Waals surface area contributed by atoms with Gasteiger partial charge in [-0.2, -0.15) is 0 Å². The van der Waals surface area contributed by atoms with Gasteiger partial charge in [0.05, 0.1) is 15.4 Å². The van der Waals surface area contributed by atoms with E-state index in [-0.39, 0.29) is 28.4 Å². The number of fused-ring (bicyclic) bond motifs is 2. The molecule has 6 rings (SSSR count). The fraction of sp³-hybridized carbons (Fsp3) is 0.600. The molecule has 1 N–H and O–H groups in total. The minimum Gasteiger partial charge on any atom is -0.341 e. The summed E-state index contributed by atoms with van der Waals surface area (Å²) in [5.74, 6) is 14.9. The number of nitrogens with zero attached hydrogens (tertiary/aromatic N) is 3. The van der Waals surface area contributed by atoms with Gasteiger partial charge in [-0.25, -0.2) is 9.97 Å². The van der Waals surface area contributed by atoms with Gasteiger partial charge in [0.25, 0.3) is 0 Å². The molecule has 4 unspecified atom stereocenters. The van der Waals surface area contributed by atoms with Gasteiger partial charge < -0.3 is 10.2 Å². The summed E-state index contributed by atoms with van der Waals surface area (Å²) >= 11 is 8.27.